The lowest BCUT2D eigenvalue weighted by molar-refractivity contribution is 0.795. The van der Waals surface area contributed by atoms with Crippen LogP contribution in [-0.4, -0.2) is 0 Å². The Morgan fingerprint density at radius 1 is 0.435 bits per heavy atom. The van der Waals surface area contributed by atoms with Gasteiger partial charge in [0.05, 0.1) is 0 Å². The normalized spacial score (nSPS) is 10.9. The average Bonchev–Trinajstić information content (AvgIpc) is 3.12. The summed E-state index contributed by atoms with van der Waals surface area (Å²) in [5.74, 6) is 0. The van der Waals surface area contributed by atoms with E-state index in [0.29, 0.717) is 0 Å². The molecule has 230 valence electrons. The van der Waals surface area contributed by atoms with Gasteiger partial charge in [0.25, 0.3) is 0 Å². The number of anilines is 5. The summed E-state index contributed by atoms with van der Waals surface area (Å²) < 4.78 is 0. The van der Waals surface area contributed by atoms with Gasteiger partial charge in [0.15, 0.2) is 0 Å². The van der Waals surface area contributed by atoms with Crippen LogP contribution < -0.4 is 10.2 Å². The van der Waals surface area contributed by atoms with Crippen LogP contribution >= 0.6 is 0 Å². The van der Waals surface area contributed by atoms with Crippen molar-refractivity contribution in [2.24, 2.45) is 0 Å². The second kappa shape index (κ2) is 15.3. The topological polar surface area (TPSA) is 15.3 Å². The fourth-order valence-electron chi connectivity index (χ4n) is 6.03. The highest BCUT2D eigenvalue weighted by Gasteiger charge is 2.16. The molecule has 0 heterocycles. The Morgan fingerprint density at radius 3 is 1.50 bits per heavy atom. The number of hydrogen-bond acceptors (Lipinski definition) is 2. The number of nitrogens with zero attached hydrogens (tertiary/aromatic N) is 1. The van der Waals surface area contributed by atoms with Gasteiger partial charge in [-0.25, -0.2) is 0 Å². The first-order valence-electron chi connectivity index (χ1n) is 16.8. The quantitative estimate of drug-likeness (QED) is 0.142. The zero-order chi connectivity index (χ0) is 31.6. The highest BCUT2D eigenvalue weighted by atomic mass is 15.1. The van der Waals surface area contributed by atoms with Gasteiger partial charge < -0.3 is 10.2 Å². The first-order chi connectivity index (χ1) is 22.7. The van der Waals surface area contributed by atoms with Crippen LogP contribution in [0.25, 0.3) is 22.3 Å². The summed E-state index contributed by atoms with van der Waals surface area (Å²) in [5, 5.41) is 3.58. The van der Waals surface area contributed by atoms with E-state index in [1.807, 2.05) is 0 Å². The van der Waals surface area contributed by atoms with Crippen molar-refractivity contribution in [3.05, 3.63) is 163 Å². The van der Waals surface area contributed by atoms with Gasteiger partial charge in [-0.2, -0.15) is 0 Å². The number of unbranched alkanes of at least 4 members (excludes halogenated alkanes) is 2. The van der Waals surface area contributed by atoms with Crippen LogP contribution in [0.2, 0.25) is 0 Å². The molecule has 6 aromatic rings. The molecule has 0 atom stereocenters. The van der Waals surface area contributed by atoms with Crippen molar-refractivity contribution in [1.29, 1.82) is 0 Å². The van der Waals surface area contributed by atoms with Crippen molar-refractivity contribution in [3.8, 4) is 22.3 Å². The minimum atomic E-state index is 1.08. The Morgan fingerprint density at radius 2 is 0.913 bits per heavy atom. The van der Waals surface area contributed by atoms with E-state index in [9.17, 15) is 0 Å². The summed E-state index contributed by atoms with van der Waals surface area (Å²) in [6.07, 6.45) is 7.14. The van der Waals surface area contributed by atoms with Crippen molar-refractivity contribution >= 4 is 28.4 Å². The smallest absolute Gasteiger partial charge is 0.0468 e. The lowest BCUT2D eigenvalue weighted by Gasteiger charge is -2.27. The third-order valence-corrected chi connectivity index (χ3v) is 8.63. The van der Waals surface area contributed by atoms with Gasteiger partial charge in [-0.05, 0) is 120 Å². The van der Waals surface area contributed by atoms with Crippen molar-refractivity contribution in [2.75, 3.05) is 10.2 Å². The molecule has 0 saturated heterocycles. The summed E-state index contributed by atoms with van der Waals surface area (Å²) in [7, 11) is 0. The maximum atomic E-state index is 3.58. The Kier molecular flexibility index (Phi) is 10.3. The largest absolute Gasteiger partial charge is 0.356 e. The number of rotatable bonds is 13. The van der Waals surface area contributed by atoms with E-state index in [0.717, 1.165) is 41.3 Å². The summed E-state index contributed by atoms with van der Waals surface area (Å²) >= 11 is 0. The Hall–Kier alpha value is -5.08. The van der Waals surface area contributed by atoms with E-state index >= 15 is 0 Å². The lowest BCUT2D eigenvalue weighted by Crippen LogP contribution is -2.10. The standard InChI is InChI=1S/C44H44N2/c1-3-5-13-34-19-25-38(26-20-34)45-39-27-23-37(24-28-39)43-32-31-42(33-44(43)36-15-9-7-10-16-36)46(40-17-11-8-12-18-40)41-29-21-35(22-30-41)14-6-4-2/h7-12,15-33,45H,3-6,13-14H2,1-2H3. The average molecular weight is 601 g/mol. The van der Waals surface area contributed by atoms with E-state index in [1.165, 1.54) is 59.1 Å². The molecule has 2 heteroatoms. The summed E-state index contributed by atoms with van der Waals surface area (Å²) in [6, 6.07) is 55.0. The molecule has 0 spiro atoms. The van der Waals surface area contributed by atoms with Gasteiger partial charge >= 0.3 is 0 Å². The molecular formula is C44H44N2. The molecule has 0 radical (unpaired) electrons. The third kappa shape index (κ3) is 7.58. The molecule has 6 rings (SSSR count). The second-order valence-corrected chi connectivity index (χ2v) is 12.0. The molecule has 0 aromatic heterocycles. The number of nitrogens with one attached hydrogen (secondary N) is 1. The van der Waals surface area contributed by atoms with E-state index in [-0.39, 0.29) is 0 Å². The van der Waals surface area contributed by atoms with E-state index in [4.69, 9.17) is 0 Å². The zero-order valence-electron chi connectivity index (χ0n) is 27.1. The lowest BCUT2D eigenvalue weighted by atomic mass is 9.93. The number of benzene rings is 6. The fourth-order valence-corrected chi connectivity index (χ4v) is 6.03. The first kappa shape index (κ1) is 30.9. The third-order valence-electron chi connectivity index (χ3n) is 8.63. The zero-order valence-corrected chi connectivity index (χ0v) is 27.1. The van der Waals surface area contributed by atoms with Crippen LogP contribution in [0.5, 0.6) is 0 Å². The summed E-state index contributed by atoms with van der Waals surface area (Å²) in [4.78, 5) is 2.36. The van der Waals surface area contributed by atoms with Crippen LogP contribution in [0.4, 0.5) is 28.4 Å². The molecular weight excluding hydrogens is 556 g/mol. The van der Waals surface area contributed by atoms with Gasteiger partial charge in [0.1, 0.15) is 0 Å². The first-order valence-corrected chi connectivity index (χ1v) is 16.8. The number of aryl methyl sites for hydroxylation is 2. The Bertz CT molecular complexity index is 1790. The fraction of sp³-hybridized carbons (Fsp3) is 0.182. The number of hydrogen-bond donors (Lipinski definition) is 1. The second-order valence-electron chi connectivity index (χ2n) is 12.0. The molecule has 0 amide bonds. The predicted molar refractivity (Wildman–Crippen MR) is 199 cm³/mol. The van der Waals surface area contributed by atoms with Gasteiger partial charge in [-0.3, -0.25) is 0 Å². The van der Waals surface area contributed by atoms with Crippen molar-refractivity contribution in [1.82, 2.24) is 0 Å². The minimum Gasteiger partial charge on any atom is -0.356 e. The molecule has 0 fully saturated rings. The van der Waals surface area contributed by atoms with Gasteiger partial charge in [-0.15, -0.1) is 0 Å². The predicted octanol–water partition coefficient (Wildman–Crippen LogP) is 12.9. The summed E-state index contributed by atoms with van der Waals surface area (Å²) in [6.45, 7) is 4.49. The van der Waals surface area contributed by atoms with Crippen LogP contribution in [0.15, 0.2) is 152 Å². The Labute approximate surface area is 275 Å². The van der Waals surface area contributed by atoms with Gasteiger partial charge in [-0.1, -0.05) is 118 Å². The Balaban J connectivity index is 1.33. The van der Waals surface area contributed by atoms with Crippen LogP contribution in [-0.2, 0) is 12.8 Å². The van der Waals surface area contributed by atoms with Crippen LogP contribution in [0.1, 0.15) is 50.7 Å². The SMILES string of the molecule is CCCCc1ccc(Nc2ccc(-c3ccc(N(c4ccccc4)c4ccc(CCCC)cc4)cc3-c3ccccc3)cc2)cc1. The molecule has 6 aromatic carbocycles. The highest BCUT2D eigenvalue weighted by molar-refractivity contribution is 5.89. The van der Waals surface area contributed by atoms with E-state index in [1.54, 1.807) is 0 Å². The van der Waals surface area contributed by atoms with Crippen molar-refractivity contribution in [2.45, 2.75) is 52.4 Å². The van der Waals surface area contributed by atoms with E-state index < -0.39 is 0 Å². The molecule has 0 aliphatic heterocycles. The maximum Gasteiger partial charge on any atom is 0.0468 e. The van der Waals surface area contributed by atoms with Crippen LogP contribution in [0, 0.1) is 0 Å². The molecule has 0 aliphatic rings. The van der Waals surface area contributed by atoms with E-state index in [2.05, 4.69) is 176 Å². The highest BCUT2D eigenvalue weighted by Crippen LogP contribution is 2.41. The minimum absolute atomic E-state index is 1.08. The molecule has 0 saturated carbocycles. The molecule has 0 aliphatic carbocycles. The monoisotopic (exact) mass is 600 g/mol. The van der Waals surface area contributed by atoms with Crippen molar-refractivity contribution < 1.29 is 0 Å². The molecule has 2 nitrogen and oxygen atoms in total. The molecule has 1 N–H and O–H groups in total. The molecule has 46 heavy (non-hydrogen) atoms. The van der Waals surface area contributed by atoms with Crippen LogP contribution in [0.3, 0.4) is 0 Å². The van der Waals surface area contributed by atoms with Gasteiger partial charge in [0.2, 0.25) is 0 Å². The number of para-hydroxylation sites is 1. The van der Waals surface area contributed by atoms with Crippen molar-refractivity contribution in [3.63, 3.8) is 0 Å². The molecule has 0 bridgehead atoms. The molecule has 0 unspecified atom stereocenters. The summed E-state index contributed by atoms with van der Waals surface area (Å²) in [5.41, 5.74) is 13.2. The maximum absolute atomic E-state index is 3.58. The van der Waals surface area contributed by atoms with Gasteiger partial charge in [0, 0.05) is 28.4 Å².